The van der Waals surface area contributed by atoms with E-state index in [1.807, 2.05) is 0 Å². The van der Waals surface area contributed by atoms with Gasteiger partial charge in [-0.2, -0.15) is 0 Å². The molecule has 0 spiro atoms. The quantitative estimate of drug-likeness (QED) is 0.579. The minimum absolute atomic E-state index is 0.0622. The van der Waals surface area contributed by atoms with Crippen LogP contribution in [0.15, 0.2) is 30.5 Å². The van der Waals surface area contributed by atoms with E-state index in [-0.39, 0.29) is 17.8 Å². The van der Waals surface area contributed by atoms with Gasteiger partial charge in [0.25, 0.3) is 5.69 Å². The Labute approximate surface area is 122 Å². The fourth-order valence-corrected chi connectivity index (χ4v) is 2.30. The minimum atomic E-state index is -0.471. The number of nitrogens with two attached hydrogens (primary N) is 1. The first-order chi connectivity index (χ1) is 10.2. The van der Waals surface area contributed by atoms with Gasteiger partial charge in [0.2, 0.25) is 0 Å². The van der Waals surface area contributed by atoms with E-state index in [0.29, 0.717) is 21.8 Å². The van der Waals surface area contributed by atoms with Crippen LogP contribution in [0.4, 0.5) is 10.7 Å². The summed E-state index contributed by atoms with van der Waals surface area (Å²) in [6.45, 7) is 0.143. The van der Waals surface area contributed by atoms with Crippen molar-refractivity contribution in [3.05, 3.63) is 46.3 Å². The number of hydrogen-bond acceptors (Lipinski definition) is 8. The Balaban J connectivity index is 1.98. The van der Waals surface area contributed by atoms with Crippen molar-refractivity contribution in [1.29, 1.82) is 0 Å². The maximum atomic E-state index is 11.0. The number of nitrogens with zero attached hydrogens (tertiary/aromatic N) is 4. The van der Waals surface area contributed by atoms with Crippen LogP contribution in [-0.4, -0.2) is 19.5 Å². The fourth-order valence-electron chi connectivity index (χ4n) is 1.87. The average molecular weight is 303 g/mol. The second kappa shape index (κ2) is 5.29. The van der Waals surface area contributed by atoms with Gasteiger partial charge in [-0.25, -0.2) is 4.98 Å². The molecule has 0 radical (unpaired) electrons. The van der Waals surface area contributed by atoms with Crippen molar-refractivity contribution in [3.8, 4) is 5.75 Å². The molecular formula is C12H9N5O3S. The molecule has 0 saturated heterocycles. The molecule has 0 aliphatic carbocycles. The number of anilines is 1. The van der Waals surface area contributed by atoms with E-state index in [0.717, 1.165) is 11.5 Å². The number of pyridine rings is 1. The summed E-state index contributed by atoms with van der Waals surface area (Å²) in [5.74, 6) is 0.483. The topological polar surface area (TPSA) is 117 Å². The minimum Gasteiger partial charge on any atom is -0.486 e. The number of ether oxygens (including phenoxy) is 1. The zero-order valence-corrected chi connectivity index (χ0v) is 11.4. The first-order valence-corrected chi connectivity index (χ1v) is 6.66. The number of nitrogen functional groups attached to an aromatic ring is 1. The molecule has 1 aromatic carbocycles. The zero-order chi connectivity index (χ0) is 14.8. The maximum absolute atomic E-state index is 11.0. The molecule has 3 rings (SSSR count). The molecule has 21 heavy (non-hydrogen) atoms. The number of nitro benzene ring substituents is 1. The van der Waals surface area contributed by atoms with Gasteiger partial charge in [0.05, 0.1) is 4.92 Å². The third-order valence-corrected chi connectivity index (χ3v) is 3.45. The molecule has 0 aliphatic rings. The van der Waals surface area contributed by atoms with E-state index >= 15 is 0 Å². The molecule has 0 atom stereocenters. The lowest BCUT2D eigenvalue weighted by Gasteiger charge is -2.08. The van der Waals surface area contributed by atoms with Gasteiger partial charge in [0.1, 0.15) is 23.1 Å². The zero-order valence-electron chi connectivity index (χ0n) is 10.6. The molecule has 9 heteroatoms. The summed E-state index contributed by atoms with van der Waals surface area (Å²) < 4.78 is 9.36. The van der Waals surface area contributed by atoms with Crippen LogP contribution in [0.3, 0.4) is 0 Å². The summed E-state index contributed by atoms with van der Waals surface area (Å²) in [4.78, 5) is 14.6. The molecule has 0 unspecified atom stereocenters. The molecule has 0 fully saturated rings. The highest BCUT2D eigenvalue weighted by Crippen LogP contribution is 2.31. The average Bonchev–Trinajstić information content (AvgIpc) is 2.89. The normalized spacial score (nSPS) is 10.7. The predicted molar refractivity (Wildman–Crippen MR) is 77.1 cm³/mol. The van der Waals surface area contributed by atoms with Gasteiger partial charge in [0, 0.05) is 29.2 Å². The highest BCUT2D eigenvalue weighted by Gasteiger charge is 2.16. The second-order valence-electron chi connectivity index (χ2n) is 4.11. The Morgan fingerprint density at radius 2 is 2.24 bits per heavy atom. The van der Waals surface area contributed by atoms with Gasteiger partial charge in [-0.3, -0.25) is 10.1 Å². The maximum Gasteiger partial charge on any atom is 0.295 e. The summed E-state index contributed by atoms with van der Waals surface area (Å²) in [6, 6.07) is 6.32. The van der Waals surface area contributed by atoms with E-state index in [1.165, 1.54) is 18.3 Å². The van der Waals surface area contributed by atoms with Gasteiger partial charge >= 0.3 is 0 Å². The lowest BCUT2D eigenvalue weighted by molar-refractivity contribution is -0.383. The summed E-state index contributed by atoms with van der Waals surface area (Å²) >= 11 is 1.08. The van der Waals surface area contributed by atoms with E-state index in [4.69, 9.17) is 10.5 Å². The number of benzene rings is 1. The summed E-state index contributed by atoms with van der Waals surface area (Å²) in [5, 5.41) is 15.9. The number of nitro groups is 1. The molecule has 3 aromatic rings. The Kier molecular flexibility index (Phi) is 3.32. The van der Waals surface area contributed by atoms with Crippen LogP contribution in [0.25, 0.3) is 10.9 Å². The third-order valence-electron chi connectivity index (χ3n) is 2.85. The highest BCUT2D eigenvalue weighted by atomic mass is 32.1. The Morgan fingerprint density at radius 1 is 1.38 bits per heavy atom. The largest absolute Gasteiger partial charge is 0.486 e. The van der Waals surface area contributed by atoms with E-state index in [9.17, 15) is 10.1 Å². The van der Waals surface area contributed by atoms with E-state index < -0.39 is 4.92 Å². The predicted octanol–water partition coefficient (Wildman–Crippen LogP) is 2.16. The Hall–Kier alpha value is -2.81. The van der Waals surface area contributed by atoms with Crippen molar-refractivity contribution < 1.29 is 9.66 Å². The summed E-state index contributed by atoms with van der Waals surface area (Å²) in [5.41, 5.74) is 6.45. The smallest absolute Gasteiger partial charge is 0.295 e. The molecule has 106 valence electrons. The van der Waals surface area contributed by atoms with Crippen LogP contribution in [0.1, 0.15) is 5.69 Å². The SMILES string of the molecule is Nc1snnc1COc1ccc([N+](=O)[O-])c2ncccc12. The van der Waals surface area contributed by atoms with Gasteiger partial charge in [0.15, 0.2) is 5.52 Å². The molecule has 0 bridgehead atoms. The lowest BCUT2D eigenvalue weighted by atomic mass is 10.1. The number of rotatable bonds is 4. The van der Waals surface area contributed by atoms with Gasteiger partial charge < -0.3 is 10.5 Å². The number of hydrogen-bond donors (Lipinski definition) is 1. The molecule has 8 nitrogen and oxygen atoms in total. The van der Waals surface area contributed by atoms with Gasteiger partial charge in [-0.15, -0.1) is 5.10 Å². The van der Waals surface area contributed by atoms with Crippen molar-refractivity contribution >= 4 is 33.1 Å². The van der Waals surface area contributed by atoms with Crippen LogP contribution >= 0.6 is 11.5 Å². The first kappa shape index (κ1) is 13.2. The highest BCUT2D eigenvalue weighted by molar-refractivity contribution is 7.09. The van der Waals surface area contributed by atoms with E-state index in [1.54, 1.807) is 12.1 Å². The lowest BCUT2D eigenvalue weighted by Crippen LogP contribution is -2.00. The molecule has 2 N–H and O–H groups in total. The van der Waals surface area contributed by atoms with Crippen LogP contribution in [0.2, 0.25) is 0 Å². The van der Waals surface area contributed by atoms with Crippen LogP contribution in [0, 0.1) is 10.1 Å². The molecule has 0 amide bonds. The fraction of sp³-hybridized carbons (Fsp3) is 0.0833. The molecule has 2 heterocycles. The van der Waals surface area contributed by atoms with Crippen molar-refractivity contribution in [3.63, 3.8) is 0 Å². The number of non-ortho nitro benzene ring substituents is 1. The van der Waals surface area contributed by atoms with E-state index in [2.05, 4.69) is 14.6 Å². The standard InChI is InChI=1S/C12H9N5O3S/c13-12-8(15-16-21-12)6-20-10-4-3-9(17(18)19)11-7(10)2-1-5-14-11/h1-5H,6,13H2. The third kappa shape index (κ3) is 2.46. The van der Waals surface area contributed by atoms with Crippen molar-refractivity contribution in [1.82, 2.24) is 14.6 Å². The van der Waals surface area contributed by atoms with Crippen LogP contribution in [-0.2, 0) is 6.61 Å². The molecule has 0 saturated carbocycles. The molecular weight excluding hydrogens is 294 g/mol. The number of fused-ring (bicyclic) bond motifs is 1. The molecule has 0 aliphatic heterocycles. The van der Waals surface area contributed by atoms with Gasteiger partial charge in [-0.05, 0) is 18.2 Å². The Bertz CT molecular complexity index is 820. The van der Waals surface area contributed by atoms with Gasteiger partial charge in [-0.1, -0.05) is 4.49 Å². The van der Waals surface area contributed by atoms with Crippen molar-refractivity contribution in [2.24, 2.45) is 0 Å². The second-order valence-corrected chi connectivity index (χ2v) is 4.90. The van der Waals surface area contributed by atoms with Crippen molar-refractivity contribution in [2.45, 2.75) is 6.61 Å². The number of aromatic nitrogens is 3. The van der Waals surface area contributed by atoms with Crippen LogP contribution in [0.5, 0.6) is 5.75 Å². The molecule has 2 aromatic heterocycles. The van der Waals surface area contributed by atoms with Crippen molar-refractivity contribution in [2.75, 3.05) is 5.73 Å². The first-order valence-electron chi connectivity index (χ1n) is 5.88. The van der Waals surface area contributed by atoms with Crippen LogP contribution < -0.4 is 10.5 Å². The summed E-state index contributed by atoms with van der Waals surface area (Å²) in [7, 11) is 0. The monoisotopic (exact) mass is 303 g/mol. The summed E-state index contributed by atoms with van der Waals surface area (Å²) in [6.07, 6.45) is 1.50. The Morgan fingerprint density at radius 3 is 2.95 bits per heavy atom.